The van der Waals surface area contributed by atoms with Crippen molar-refractivity contribution < 1.29 is 9.53 Å². The molecule has 0 bridgehead atoms. The van der Waals surface area contributed by atoms with Gasteiger partial charge in [0.05, 0.1) is 7.11 Å². The minimum Gasteiger partial charge on any atom is -0.497 e. The number of carbonyl (C=O) groups excluding carboxylic acids is 1. The molecule has 0 aliphatic heterocycles. The van der Waals surface area contributed by atoms with E-state index in [1.54, 1.807) is 13.2 Å². The molecule has 0 fully saturated rings. The summed E-state index contributed by atoms with van der Waals surface area (Å²) in [6.07, 6.45) is 0.731. The predicted octanol–water partition coefficient (Wildman–Crippen LogP) is 3.51. The summed E-state index contributed by atoms with van der Waals surface area (Å²) in [6.45, 7) is 2.36. The maximum Gasteiger partial charge on any atom is 0.270 e. The first-order valence-electron chi connectivity index (χ1n) is 8.73. The van der Waals surface area contributed by atoms with Crippen LogP contribution in [0, 0.1) is 6.92 Å². The average molecular weight is 362 g/mol. The number of hydrogen-bond donors (Lipinski definition) is 2. The highest BCUT2D eigenvalue weighted by atomic mass is 16.5. The Morgan fingerprint density at radius 2 is 1.78 bits per heavy atom. The minimum absolute atomic E-state index is 0.217. The van der Waals surface area contributed by atoms with Gasteiger partial charge in [-0.15, -0.1) is 0 Å². The normalized spacial score (nSPS) is 10.3. The zero-order chi connectivity index (χ0) is 19.1. The molecule has 138 valence electrons. The topological polar surface area (TPSA) is 76.1 Å². The number of aromatic nitrogens is 2. The Morgan fingerprint density at radius 3 is 2.48 bits per heavy atom. The Balaban J connectivity index is 1.60. The molecular weight excluding hydrogens is 340 g/mol. The maximum absolute atomic E-state index is 12.4. The molecule has 0 saturated heterocycles. The number of amides is 1. The summed E-state index contributed by atoms with van der Waals surface area (Å²) in [7, 11) is 1.64. The highest BCUT2D eigenvalue weighted by Gasteiger charge is 2.10. The van der Waals surface area contributed by atoms with E-state index >= 15 is 0 Å². The molecule has 1 aromatic heterocycles. The van der Waals surface area contributed by atoms with Gasteiger partial charge in [0.1, 0.15) is 11.4 Å². The van der Waals surface area contributed by atoms with Crippen LogP contribution in [-0.2, 0) is 6.42 Å². The summed E-state index contributed by atoms with van der Waals surface area (Å²) < 4.78 is 5.14. The molecule has 0 atom stereocenters. The third-order valence-electron chi connectivity index (χ3n) is 3.98. The lowest BCUT2D eigenvalue weighted by Gasteiger charge is -2.09. The molecular formula is C21H22N4O2. The van der Waals surface area contributed by atoms with E-state index in [4.69, 9.17) is 4.74 Å². The van der Waals surface area contributed by atoms with Crippen LogP contribution in [0.3, 0.4) is 0 Å². The standard InChI is InChI=1S/C21H22N4O2/c1-15-14-19(25-21(23-15)24-17-6-4-3-5-7-17)20(26)22-13-12-16-8-10-18(27-2)11-9-16/h3-11,14H,12-13H2,1-2H3,(H,22,26)(H,23,24,25). The molecule has 0 aliphatic rings. The number of aryl methyl sites for hydroxylation is 1. The zero-order valence-corrected chi connectivity index (χ0v) is 15.4. The van der Waals surface area contributed by atoms with E-state index in [0.29, 0.717) is 18.2 Å². The molecule has 3 rings (SSSR count). The summed E-state index contributed by atoms with van der Waals surface area (Å²) in [5, 5.41) is 6.02. The Kier molecular flexibility index (Phi) is 5.99. The van der Waals surface area contributed by atoms with Crippen molar-refractivity contribution in [3.05, 3.63) is 77.6 Å². The highest BCUT2D eigenvalue weighted by Crippen LogP contribution is 2.14. The van der Waals surface area contributed by atoms with Gasteiger partial charge in [-0.2, -0.15) is 0 Å². The van der Waals surface area contributed by atoms with Gasteiger partial charge < -0.3 is 15.4 Å². The summed E-state index contributed by atoms with van der Waals surface area (Å²) in [5.41, 5.74) is 3.06. The van der Waals surface area contributed by atoms with Gasteiger partial charge in [-0.3, -0.25) is 4.79 Å². The minimum atomic E-state index is -0.217. The van der Waals surface area contributed by atoms with E-state index in [9.17, 15) is 4.79 Å². The highest BCUT2D eigenvalue weighted by molar-refractivity contribution is 5.92. The fourth-order valence-electron chi connectivity index (χ4n) is 2.59. The van der Waals surface area contributed by atoms with Crippen LogP contribution in [0.25, 0.3) is 0 Å². The zero-order valence-electron chi connectivity index (χ0n) is 15.4. The molecule has 6 heteroatoms. The molecule has 2 N–H and O–H groups in total. The van der Waals surface area contributed by atoms with E-state index in [1.807, 2.05) is 61.5 Å². The quantitative estimate of drug-likeness (QED) is 0.673. The molecule has 0 spiro atoms. The molecule has 0 saturated carbocycles. The number of nitrogens with zero attached hydrogens (tertiary/aromatic N) is 2. The van der Waals surface area contributed by atoms with Crippen molar-refractivity contribution >= 4 is 17.5 Å². The third-order valence-corrected chi connectivity index (χ3v) is 3.98. The number of para-hydroxylation sites is 1. The summed E-state index contributed by atoms with van der Waals surface area (Å²) in [4.78, 5) is 21.1. The molecule has 1 heterocycles. The van der Waals surface area contributed by atoms with Gasteiger partial charge in [0.2, 0.25) is 5.95 Å². The number of anilines is 2. The second-order valence-corrected chi connectivity index (χ2v) is 6.06. The first-order chi connectivity index (χ1) is 13.1. The molecule has 2 aromatic carbocycles. The molecule has 0 radical (unpaired) electrons. The second kappa shape index (κ2) is 8.80. The molecule has 0 unspecified atom stereocenters. The van der Waals surface area contributed by atoms with Crippen molar-refractivity contribution in [3.63, 3.8) is 0 Å². The first kappa shape index (κ1) is 18.4. The summed E-state index contributed by atoms with van der Waals surface area (Å²) in [6, 6.07) is 19.1. The largest absolute Gasteiger partial charge is 0.497 e. The van der Waals surface area contributed by atoms with Crippen LogP contribution in [0.1, 0.15) is 21.7 Å². The number of carbonyl (C=O) groups is 1. The van der Waals surface area contributed by atoms with Gasteiger partial charge in [-0.1, -0.05) is 30.3 Å². The van der Waals surface area contributed by atoms with Crippen LogP contribution in [-0.4, -0.2) is 29.5 Å². The van der Waals surface area contributed by atoms with Gasteiger partial charge in [0.25, 0.3) is 5.91 Å². The van der Waals surface area contributed by atoms with E-state index in [1.165, 1.54) is 0 Å². The fraction of sp³-hybridized carbons (Fsp3) is 0.190. The molecule has 3 aromatic rings. The van der Waals surface area contributed by atoms with Gasteiger partial charge in [-0.25, -0.2) is 9.97 Å². The third kappa shape index (κ3) is 5.28. The number of hydrogen-bond acceptors (Lipinski definition) is 5. The van der Waals surface area contributed by atoms with Gasteiger partial charge in [0.15, 0.2) is 0 Å². The summed E-state index contributed by atoms with van der Waals surface area (Å²) in [5.74, 6) is 1.00. The van der Waals surface area contributed by atoms with Gasteiger partial charge in [-0.05, 0) is 49.2 Å². The van der Waals surface area contributed by atoms with Crippen LogP contribution in [0.4, 0.5) is 11.6 Å². The number of benzene rings is 2. The second-order valence-electron chi connectivity index (χ2n) is 6.06. The van der Waals surface area contributed by atoms with E-state index in [0.717, 1.165) is 29.1 Å². The first-order valence-corrected chi connectivity index (χ1v) is 8.73. The predicted molar refractivity (Wildman–Crippen MR) is 106 cm³/mol. The van der Waals surface area contributed by atoms with E-state index < -0.39 is 0 Å². The van der Waals surface area contributed by atoms with Crippen molar-refractivity contribution in [2.75, 3.05) is 19.0 Å². The van der Waals surface area contributed by atoms with Crippen LogP contribution < -0.4 is 15.4 Å². The maximum atomic E-state index is 12.4. The van der Waals surface area contributed by atoms with Crippen LogP contribution >= 0.6 is 0 Å². The molecule has 1 amide bonds. The van der Waals surface area contributed by atoms with Crippen molar-refractivity contribution in [3.8, 4) is 5.75 Å². The Labute approximate surface area is 158 Å². The molecule has 6 nitrogen and oxygen atoms in total. The van der Waals surface area contributed by atoms with Crippen LogP contribution in [0.5, 0.6) is 5.75 Å². The van der Waals surface area contributed by atoms with Crippen LogP contribution in [0.15, 0.2) is 60.7 Å². The number of nitrogens with one attached hydrogen (secondary N) is 2. The Morgan fingerprint density at radius 1 is 1.04 bits per heavy atom. The van der Waals surface area contributed by atoms with E-state index in [-0.39, 0.29) is 5.91 Å². The monoisotopic (exact) mass is 362 g/mol. The van der Waals surface area contributed by atoms with Crippen molar-refractivity contribution in [2.24, 2.45) is 0 Å². The number of rotatable bonds is 7. The lowest BCUT2D eigenvalue weighted by atomic mass is 10.1. The van der Waals surface area contributed by atoms with Crippen molar-refractivity contribution in [1.29, 1.82) is 0 Å². The van der Waals surface area contributed by atoms with Crippen LogP contribution in [0.2, 0.25) is 0 Å². The average Bonchev–Trinajstić information content (AvgIpc) is 2.69. The Hall–Kier alpha value is -3.41. The smallest absolute Gasteiger partial charge is 0.270 e. The number of methoxy groups -OCH3 is 1. The van der Waals surface area contributed by atoms with E-state index in [2.05, 4.69) is 20.6 Å². The molecule has 0 aliphatic carbocycles. The van der Waals surface area contributed by atoms with Crippen molar-refractivity contribution in [1.82, 2.24) is 15.3 Å². The fourth-order valence-corrected chi connectivity index (χ4v) is 2.59. The molecule has 27 heavy (non-hydrogen) atoms. The Bertz CT molecular complexity index is 896. The van der Waals surface area contributed by atoms with Crippen molar-refractivity contribution in [2.45, 2.75) is 13.3 Å². The van der Waals surface area contributed by atoms with Gasteiger partial charge >= 0.3 is 0 Å². The number of ether oxygens (including phenoxy) is 1. The lowest BCUT2D eigenvalue weighted by molar-refractivity contribution is 0.0949. The lowest BCUT2D eigenvalue weighted by Crippen LogP contribution is -2.27. The summed E-state index contributed by atoms with van der Waals surface area (Å²) >= 11 is 0. The SMILES string of the molecule is COc1ccc(CCNC(=O)c2cc(C)nc(Nc3ccccc3)n2)cc1. The van der Waals surface area contributed by atoms with Gasteiger partial charge in [0, 0.05) is 17.9 Å².